The number of hydrogen-bond donors (Lipinski definition) is 1. The number of nitro benzene ring substituents is 1. The Kier molecular flexibility index (Phi) is 4.33. The van der Waals surface area contributed by atoms with E-state index in [4.69, 9.17) is 9.47 Å². The number of fused-ring (bicyclic) bond motifs is 1. The normalized spacial score (nSPS) is 12.5. The van der Waals surface area contributed by atoms with Crippen molar-refractivity contribution in [2.75, 3.05) is 13.2 Å². The number of benzene rings is 2. The third-order valence-electron chi connectivity index (χ3n) is 3.73. The third-order valence-corrected chi connectivity index (χ3v) is 3.73. The molecular formula is C17H16N2O5. The molecule has 0 fully saturated rings. The monoisotopic (exact) mass is 328 g/mol. The summed E-state index contributed by atoms with van der Waals surface area (Å²) in [6.45, 7) is 2.94. The lowest BCUT2D eigenvalue weighted by Crippen LogP contribution is -2.23. The zero-order valence-electron chi connectivity index (χ0n) is 13.1. The van der Waals surface area contributed by atoms with Crippen LogP contribution in [0.4, 0.5) is 5.69 Å². The van der Waals surface area contributed by atoms with Crippen LogP contribution < -0.4 is 14.8 Å². The van der Waals surface area contributed by atoms with Crippen LogP contribution in [0.2, 0.25) is 0 Å². The average molecular weight is 328 g/mol. The molecule has 1 N–H and O–H groups in total. The fraction of sp³-hybridized carbons (Fsp3) is 0.235. The summed E-state index contributed by atoms with van der Waals surface area (Å²) < 4.78 is 10.9. The summed E-state index contributed by atoms with van der Waals surface area (Å²) in [5.41, 5.74) is 1.56. The van der Waals surface area contributed by atoms with Crippen LogP contribution in [0.1, 0.15) is 21.5 Å². The van der Waals surface area contributed by atoms with Crippen molar-refractivity contribution in [2.24, 2.45) is 0 Å². The van der Waals surface area contributed by atoms with Gasteiger partial charge in [-0.3, -0.25) is 14.9 Å². The van der Waals surface area contributed by atoms with Gasteiger partial charge < -0.3 is 14.8 Å². The van der Waals surface area contributed by atoms with Gasteiger partial charge in [0.2, 0.25) is 0 Å². The molecule has 7 nitrogen and oxygen atoms in total. The fourth-order valence-corrected chi connectivity index (χ4v) is 2.43. The molecule has 2 aromatic carbocycles. The van der Waals surface area contributed by atoms with Crippen molar-refractivity contribution in [1.29, 1.82) is 0 Å². The molecule has 24 heavy (non-hydrogen) atoms. The van der Waals surface area contributed by atoms with Gasteiger partial charge in [0, 0.05) is 23.7 Å². The molecule has 0 atom stereocenters. The zero-order chi connectivity index (χ0) is 17.1. The third kappa shape index (κ3) is 3.29. The highest BCUT2D eigenvalue weighted by atomic mass is 16.6. The van der Waals surface area contributed by atoms with Gasteiger partial charge in [-0.1, -0.05) is 12.1 Å². The largest absolute Gasteiger partial charge is 0.486 e. The molecule has 3 rings (SSSR count). The molecule has 1 aliphatic heterocycles. The second-order valence-corrected chi connectivity index (χ2v) is 5.42. The number of carbonyl (C=O) groups excluding carboxylic acids is 1. The number of ether oxygens (including phenoxy) is 2. The van der Waals surface area contributed by atoms with Crippen LogP contribution in [0.25, 0.3) is 0 Å². The first-order valence-electron chi connectivity index (χ1n) is 7.46. The van der Waals surface area contributed by atoms with Gasteiger partial charge in [0.25, 0.3) is 11.6 Å². The van der Waals surface area contributed by atoms with Crippen LogP contribution in [0.15, 0.2) is 36.4 Å². The van der Waals surface area contributed by atoms with E-state index >= 15 is 0 Å². The first-order chi connectivity index (χ1) is 11.5. The molecule has 0 unspecified atom stereocenters. The van der Waals surface area contributed by atoms with Crippen LogP contribution in [0.5, 0.6) is 11.5 Å². The predicted molar refractivity (Wildman–Crippen MR) is 86.4 cm³/mol. The summed E-state index contributed by atoms with van der Waals surface area (Å²) in [5.74, 6) is 0.970. The van der Waals surface area contributed by atoms with Crippen molar-refractivity contribution >= 4 is 11.6 Å². The Bertz CT molecular complexity index is 804. The molecule has 0 saturated heterocycles. The molecule has 0 spiro atoms. The van der Waals surface area contributed by atoms with Crippen molar-refractivity contribution in [1.82, 2.24) is 5.32 Å². The van der Waals surface area contributed by atoms with E-state index in [-0.39, 0.29) is 23.7 Å². The van der Waals surface area contributed by atoms with Gasteiger partial charge >= 0.3 is 0 Å². The molecule has 2 aromatic rings. The maximum absolute atomic E-state index is 12.2. The van der Waals surface area contributed by atoms with Gasteiger partial charge in [-0.25, -0.2) is 0 Å². The highest BCUT2D eigenvalue weighted by Gasteiger charge is 2.15. The van der Waals surface area contributed by atoms with Crippen molar-refractivity contribution in [3.05, 3.63) is 63.2 Å². The molecule has 1 amide bonds. The minimum atomic E-state index is -0.493. The number of amides is 1. The Hall–Kier alpha value is -3.09. The Morgan fingerprint density at radius 3 is 2.67 bits per heavy atom. The molecule has 0 bridgehead atoms. The molecule has 0 aromatic heterocycles. The fourth-order valence-electron chi connectivity index (χ4n) is 2.43. The summed E-state index contributed by atoms with van der Waals surface area (Å²) in [4.78, 5) is 22.7. The van der Waals surface area contributed by atoms with Crippen molar-refractivity contribution in [3.8, 4) is 11.5 Å². The minimum Gasteiger partial charge on any atom is -0.486 e. The first-order valence-corrected chi connectivity index (χ1v) is 7.46. The summed E-state index contributed by atoms with van der Waals surface area (Å²) in [7, 11) is 0. The van der Waals surface area contributed by atoms with Crippen molar-refractivity contribution < 1.29 is 19.2 Å². The van der Waals surface area contributed by atoms with Gasteiger partial charge in [0.15, 0.2) is 11.5 Å². The Morgan fingerprint density at radius 1 is 1.17 bits per heavy atom. The van der Waals surface area contributed by atoms with E-state index in [1.165, 1.54) is 6.07 Å². The van der Waals surface area contributed by atoms with Gasteiger partial charge in [-0.2, -0.15) is 0 Å². The lowest BCUT2D eigenvalue weighted by atomic mass is 10.1. The molecule has 124 valence electrons. The first kappa shape index (κ1) is 15.8. The Labute approximate surface area is 138 Å². The number of rotatable bonds is 4. The molecule has 7 heteroatoms. The number of nitrogens with one attached hydrogen (secondary N) is 1. The Morgan fingerprint density at radius 2 is 1.92 bits per heavy atom. The van der Waals surface area contributed by atoms with Crippen LogP contribution in [-0.4, -0.2) is 24.0 Å². The van der Waals surface area contributed by atoms with Crippen LogP contribution in [-0.2, 0) is 6.54 Å². The lowest BCUT2D eigenvalue weighted by Gasteiger charge is -2.19. The molecule has 0 radical (unpaired) electrons. The average Bonchev–Trinajstić information content (AvgIpc) is 2.59. The molecule has 1 aliphatic rings. The van der Waals surface area contributed by atoms with Crippen LogP contribution >= 0.6 is 0 Å². The Balaban J connectivity index is 1.69. The topological polar surface area (TPSA) is 90.7 Å². The minimum absolute atomic E-state index is 0.0676. The van der Waals surface area contributed by atoms with Crippen molar-refractivity contribution in [3.63, 3.8) is 0 Å². The number of carbonyl (C=O) groups is 1. The van der Waals surface area contributed by atoms with E-state index in [1.807, 2.05) is 12.1 Å². The highest BCUT2D eigenvalue weighted by molar-refractivity contribution is 5.94. The highest BCUT2D eigenvalue weighted by Crippen LogP contribution is 2.30. The lowest BCUT2D eigenvalue weighted by molar-refractivity contribution is -0.385. The molecule has 0 aliphatic carbocycles. The van der Waals surface area contributed by atoms with Gasteiger partial charge in [0.05, 0.1) is 4.92 Å². The summed E-state index contributed by atoms with van der Waals surface area (Å²) in [6, 6.07) is 9.87. The summed E-state index contributed by atoms with van der Waals surface area (Å²) in [5, 5.41) is 13.7. The molecule has 0 saturated carbocycles. The van der Waals surface area contributed by atoms with Gasteiger partial charge in [-0.05, 0) is 30.7 Å². The quantitative estimate of drug-likeness (QED) is 0.688. The van der Waals surface area contributed by atoms with E-state index in [1.54, 1.807) is 25.1 Å². The number of aryl methyl sites for hydroxylation is 1. The predicted octanol–water partition coefficient (Wildman–Crippen LogP) is 2.60. The van der Waals surface area contributed by atoms with E-state index in [0.717, 1.165) is 5.56 Å². The number of nitrogens with zero attached hydrogens (tertiary/aromatic N) is 1. The summed E-state index contributed by atoms with van der Waals surface area (Å²) in [6.07, 6.45) is 0. The standard InChI is InChI=1S/C17H16N2O5/c1-11-2-4-13(9-14(11)19(21)22)17(20)18-10-12-3-5-15-16(8-12)24-7-6-23-15/h2-5,8-9H,6-7,10H2,1H3,(H,18,20). The van der Waals surface area contributed by atoms with E-state index in [9.17, 15) is 14.9 Å². The number of hydrogen-bond acceptors (Lipinski definition) is 5. The maximum Gasteiger partial charge on any atom is 0.273 e. The van der Waals surface area contributed by atoms with Gasteiger partial charge in [-0.15, -0.1) is 0 Å². The van der Waals surface area contributed by atoms with Crippen LogP contribution in [0, 0.1) is 17.0 Å². The number of nitro groups is 1. The van der Waals surface area contributed by atoms with Crippen LogP contribution in [0.3, 0.4) is 0 Å². The van der Waals surface area contributed by atoms with E-state index < -0.39 is 4.92 Å². The van der Waals surface area contributed by atoms with Crippen molar-refractivity contribution in [2.45, 2.75) is 13.5 Å². The van der Waals surface area contributed by atoms with Gasteiger partial charge in [0.1, 0.15) is 13.2 Å². The zero-order valence-corrected chi connectivity index (χ0v) is 13.1. The second-order valence-electron chi connectivity index (χ2n) is 5.42. The van der Waals surface area contributed by atoms with E-state index in [0.29, 0.717) is 30.3 Å². The van der Waals surface area contributed by atoms with E-state index in [2.05, 4.69) is 5.32 Å². The maximum atomic E-state index is 12.2. The SMILES string of the molecule is Cc1ccc(C(=O)NCc2ccc3c(c2)OCCO3)cc1[N+](=O)[O-]. The second kappa shape index (κ2) is 6.57. The molecule has 1 heterocycles. The molecular weight excluding hydrogens is 312 g/mol. The summed E-state index contributed by atoms with van der Waals surface area (Å²) >= 11 is 0. The smallest absolute Gasteiger partial charge is 0.273 e.